The predicted octanol–water partition coefficient (Wildman–Crippen LogP) is 2.01. The molecule has 2 aromatic rings. The Hall–Kier alpha value is -1.42. The molecule has 0 fully saturated rings. The molecule has 5 heteroatoms. The molecule has 72 valence electrons. The quantitative estimate of drug-likeness (QED) is 0.759. The van der Waals surface area contributed by atoms with E-state index in [1.165, 1.54) is 6.20 Å². The molecule has 0 saturated heterocycles. The van der Waals surface area contributed by atoms with Gasteiger partial charge in [-0.1, -0.05) is 11.6 Å². The van der Waals surface area contributed by atoms with Crippen LogP contribution in [-0.2, 0) is 6.54 Å². The lowest BCUT2D eigenvalue weighted by Gasteiger charge is -2.02. The van der Waals surface area contributed by atoms with Crippen LogP contribution in [0.25, 0.3) is 11.5 Å². The second-order valence-electron chi connectivity index (χ2n) is 2.76. The van der Waals surface area contributed by atoms with E-state index >= 15 is 0 Å². The molecule has 0 amide bonds. The Morgan fingerprint density at radius 2 is 2.29 bits per heavy atom. The molecule has 0 aliphatic carbocycles. The molecule has 0 radical (unpaired) electrons. The van der Waals surface area contributed by atoms with Crippen LogP contribution in [-0.4, -0.2) is 19.5 Å². The van der Waals surface area contributed by atoms with Gasteiger partial charge in [0.05, 0.1) is 12.4 Å². The number of nitrogens with zero attached hydrogens (tertiary/aromatic N) is 4. The fourth-order valence-corrected chi connectivity index (χ4v) is 1.39. The van der Waals surface area contributed by atoms with Gasteiger partial charge in [-0.2, -0.15) is 0 Å². The van der Waals surface area contributed by atoms with Crippen LogP contribution >= 0.6 is 11.6 Å². The Bertz CT molecular complexity index is 438. The summed E-state index contributed by atoms with van der Waals surface area (Å²) >= 11 is 5.75. The molecule has 2 heterocycles. The minimum absolute atomic E-state index is 0.383. The zero-order chi connectivity index (χ0) is 9.97. The molecule has 2 rings (SSSR count). The maximum atomic E-state index is 5.75. The second-order valence-corrected chi connectivity index (χ2v) is 3.15. The second kappa shape index (κ2) is 3.75. The van der Waals surface area contributed by atoms with Crippen LogP contribution in [0, 0.1) is 0 Å². The van der Waals surface area contributed by atoms with Gasteiger partial charge in [0, 0.05) is 18.9 Å². The first-order valence-corrected chi connectivity index (χ1v) is 4.68. The molecule has 0 aromatic carbocycles. The minimum atomic E-state index is 0.383. The van der Waals surface area contributed by atoms with Crippen LogP contribution in [0.4, 0.5) is 0 Å². The van der Waals surface area contributed by atoms with Gasteiger partial charge in [0.1, 0.15) is 10.8 Å². The molecule has 2 aromatic heterocycles. The minimum Gasteiger partial charge on any atom is -0.330 e. The first-order chi connectivity index (χ1) is 6.81. The van der Waals surface area contributed by atoms with Crippen molar-refractivity contribution in [2.75, 3.05) is 0 Å². The summed E-state index contributed by atoms with van der Waals surface area (Å²) in [5.41, 5.74) is 0.698. The summed E-state index contributed by atoms with van der Waals surface area (Å²) in [4.78, 5) is 12.3. The van der Waals surface area contributed by atoms with Gasteiger partial charge >= 0.3 is 0 Å². The van der Waals surface area contributed by atoms with Crippen molar-refractivity contribution >= 4 is 11.6 Å². The summed E-state index contributed by atoms with van der Waals surface area (Å²) in [7, 11) is 0. The molecule has 0 bridgehead atoms. The number of aromatic nitrogens is 4. The van der Waals surface area contributed by atoms with E-state index in [0.29, 0.717) is 10.8 Å². The Labute approximate surface area is 86.6 Å². The molecule has 0 saturated carbocycles. The maximum absolute atomic E-state index is 5.75. The van der Waals surface area contributed by atoms with Gasteiger partial charge in [-0.05, 0) is 6.92 Å². The fourth-order valence-electron chi connectivity index (χ4n) is 1.25. The standard InChI is InChI=1S/C9H9ClN4/c1-2-14-4-3-12-9(14)7-5-11-6-8(10)13-7/h3-6H,2H2,1H3. The molecule has 14 heavy (non-hydrogen) atoms. The van der Waals surface area contributed by atoms with E-state index in [9.17, 15) is 0 Å². The Morgan fingerprint density at radius 1 is 1.43 bits per heavy atom. The van der Waals surface area contributed by atoms with Crippen LogP contribution in [0.1, 0.15) is 6.92 Å². The fraction of sp³-hybridized carbons (Fsp3) is 0.222. The third kappa shape index (κ3) is 1.61. The molecule has 0 aliphatic heterocycles. The normalized spacial score (nSPS) is 10.4. The van der Waals surface area contributed by atoms with E-state index in [-0.39, 0.29) is 0 Å². The third-order valence-corrected chi connectivity index (χ3v) is 2.07. The van der Waals surface area contributed by atoms with Gasteiger partial charge in [-0.15, -0.1) is 0 Å². The summed E-state index contributed by atoms with van der Waals surface area (Å²) in [6.07, 6.45) is 6.80. The van der Waals surface area contributed by atoms with E-state index < -0.39 is 0 Å². The topological polar surface area (TPSA) is 43.6 Å². The molecular weight excluding hydrogens is 200 g/mol. The monoisotopic (exact) mass is 208 g/mol. The zero-order valence-corrected chi connectivity index (χ0v) is 8.44. The number of rotatable bonds is 2. The summed E-state index contributed by atoms with van der Waals surface area (Å²) in [6, 6.07) is 0. The molecule has 0 atom stereocenters. The van der Waals surface area contributed by atoms with Crippen molar-refractivity contribution in [3.63, 3.8) is 0 Å². The number of hydrogen-bond donors (Lipinski definition) is 0. The highest BCUT2D eigenvalue weighted by Crippen LogP contribution is 2.15. The van der Waals surface area contributed by atoms with Crippen LogP contribution in [0.5, 0.6) is 0 Å². The average molecular weight is 209 g/mol. The number of aryl methyl sites for hydroxylation is 1. The highest BCUT2D eigenvalue weighted by atomic mass is 35.5. The van der Waals surface area contributed by atoms with Crippen molar-refractivity contribution in [1.29, 1.82) is 0 Å². The number of imidazole rings is 1. The SMILES string of the molecule is CCn1ccnc1-c1cncc(Cl)n1. The molecule has 0 spiro atoms. The van der Waals surface area contributed by atoms with E-state index in [1.54, 1.807) is 12.4 Å². The van der Waals surface area contributed by atoms with Gasteiger partial charge < -0.3 is 4.57 Å². The van der Waals surface area contributed by atoms with Crippen LogP contribution in [0.3, 0.4) is 0 Å². The first-order valence-electron chi connectivity index (χ1n) is 4.30. The zero-order valence-electron chi connectivity index (χ0n) is 7.68. The van der Waals surface area contributed by atoms with E-state index in [4.69, 9.17) is 11.6 Å². The highest BCUT2D eigenvalue weighted by molar-refractivity contribution is 6.29. The maximum Gasteiger partial charge on any atom is 0.160 e. The van der Waals surface area contributed by atoms with E-state index in [2.05, 4.69) is 15.0 Å². The van der Waals surface area contributed by atoms with Gasteiger partial charge in [0.25, 0.3) is 0 Å². The third-order valence-electron chi connectivity index (χ3n) is 1.89. The van der Waals surface area contributed by atoms with Crippen molar-refractivity contribution in [1.82, 2.24) is 19.5 Å². The lowest BCUT2D eigenvalue weighted by Crippen LogP contribution is -1.98. The highest BCUT2D eigenvalue weighted by Gasteiger charge is 2.06. The van der Waals surface area contributed by atoms with Gasteiger partial charge in [-0.25, -0.2) is 9.97 Å². The van der Waals surface area contributed by atoms with Gasteiger partial charge in [0.2, 0.25) is 0 Å². The number of halogens is 1. The van der Waals surface area contributed by atoms with Crippen LogP contribution < -0.4 is 0 Å². The summed E-state index contributed by atoms with van der Waals surface area (Å²) in [5, 5.41) is 0.383. The Balaban J connectivity index is 2.49. The average Bonchev–Trinajstić information content (AvgIpc) is 2.65. The Morgan fingerprint density at radius 3 is 3.00 bits per heavy atom. The lowest BCUT2D eigenvalue weighted by molar-refractivity contribution is 0.767. The van der Waals surface area contributed by atoms with Crippen LogP contribution in [0.15, 0.2) is 24.8 Å². The molecule has 0 N–H and O–H groups in total. The first kappa shape index (κ1) is 9.15. The predicted molar refractivity (Wildman–Crippen MR) is 53.9 cm³/mol. The van der Waals surface area contributed by atoms with Gasteiger partial charge in [0.15, 0.2) is 5.82 Å². The summed E-state index contributed by atoms with van der Waals surface area (Å²) in [5.74, 6) is 0.794. The van der Waals surface area contributed by atoms with E-state index in [1.807, 2.05) is 17.7 Å². The smallest absolute Gasteiger partial charge is 0.160 e. The van der Waals surface area contributed by atoms with Crippen molar-refractivity contribution in [2.45, 2.75) is 13.5 Å². The van der Waals surface area contributed by atoms with E-state index in [0.717, 1.165) is 12.4 Å². The largest absolute Gasteiger partial charge is 0.330 e. The van der Waals surface area contributed by atoms with Gasteiger partial charge in [-0.3, -0.25) is 4.98 Å². The Kier molecular flexibility index (Phi) is 2.45. The van der Waals surface area contributed by atoms with Crippen LogP contribution in [0.2, 0.25) is 5.15 Å². The van der Waals surface area contributed by atoms with Crippen molar-refractivity contribution < 1.29 is 0 Å². The number of hydrogen-bond acceptors (Lipinski definition) is 3. The lowest BCUT2D eigenvalue weighted by atomic mass is 10.4. The molecule has 4 nitrogen and oxygen atoms in total. The summed E-state index contributed by atoms with van der Waals surface area (Å²) in [6.45, 7) is 2.90. The van der Waals surface area contributed by atoms with Crippen molar-refractivity contribution in [3.05, 3.63) is 29.9 Å². The molecular formula is C9H9ClN4. The van der Waals surface area contributed by atoms with Crippen molar-refractivity contribution in [3.8, 4) is 11.5 Å². The molecule has 0 unspecified atom stereocenters. The summed E-state index contributed by atoms with van der Waals surface area (Å²) < 4.78 is 1.99. The molecule has 0 aliphatic rings. The van der Waals surface area contributed by atoms with Crippen molar-refractivity contribution in [2.24, 2.45) is 0 Å².